The molecule has 0 aliphatic heterocycles. The zero-order valence-electron chi connectivity index (χ0n) is 15.5. The van der Waals surface area contributed by atoms with E-state index < -0.39 is 0 Å². The quantitative estimate of drug-likeness (QED) is 0.685. The van der Waals surface area contributed by atoms with Crippen molar-refractivity contribution in [1.29, 1.82) is 0 Å². The number of benzene rings is 2. The van der Waals surface area contributed by atoms with Gasteiger partial charge in [0.15, 0.2) is 23.0 Å². The fourth-order valence-corrected chi connectivity index (χ4v) is 2.39. The van der Waals surface area contributed by atoms with Crippen molar-refractivity contribution in [2.75, 3.05) is 28.4 Å². The average molecular weight is 346 g/mol. The lowest BCUT2D eigenvalue weighted by Crippen LogP contribution is -2.12. The molecule has 0 aromatic heterocycles. The molecule has 6 nitrogen and oxygen atoms in total. The standard InChI is InChI=1S/C18H23BO6/c1-11-7-15(20-3)17(22-5)9-13(11)24-19-25-14-10-18(23-6)16(21-4)8-12(14)2/h7-10,19H,1-6H3. The van der Waals surface area contributed by atoms with Gasteiger partial charge in [-0.1, -0.05) is 0 Å². The number of rotatable bonds is 8. The lowest BCUT2D eigenvalue weighted by molar-refractivity contribution is 0.350. The molecule has 0 fully saturated rings. The lowest BCUT2D eigenvalue weighted by Gasteiger charge is -2.16. The first-order valence-electron chi connectivity index (χ1n) is 7.74. The zero-order chi connectivity index (χ0) is 18.4. The van der Waals surface area contributed by atoms with Crippen LogP contribution in [-0.2, 0) is 0 Å². The van der Waals surface area contributed by atoms with Crippen molar-refractivity contribution in [2.24, 2.45) is 0 Å². The fraction of sp³-hybridized carbons (Fsp3) is 0.333. The Labute approximate surface area is 148 Å². The van der Waals surface area contributed by atoms with Crippen molar-refractivity contribution in [3.63, 3.8) is 0 Å². The highest BCUT2D eigenvalue weighted by molar-refractivity contribution is 6.20. The summed E-state index contributed by atoms with van der Waals surface area (Å²) in [4.78, 5) is 0. The van der Waals surface area contributed by atoms with Crippen LogP contribution in [0.5, 0.6) is 34.5 Å². The Hall–Kier alpha value is -2.70. The van der Waals surface area contributed by atoms with Crippen LogP contribution in [0, 0.1) is 13.8 Å². The summed E-state index contributed by atoms with van der Waals surface area (Å²) in [5, 5.41) is 0. The van der Waals surface area contributed by atoms with Gasteiger partial charge in [-0.2, -0.15) is 0 Å². The predicted molar refractivity (Wildman–Crippen MR) is 97.0 cm³/mol. The predicted octanol–water partition coefficient (Wildman–Crippen LogP) is 3.06. The van der Waals surface area contributed by atoms with Gasteiger partial charge in [0.1, 0.15) is 11.5 Å². The molecule has 0 unspecified atom stereocenters. The van der Waals surface area contributed by atoms with E-state index >= 15 is 0 Å². The fourth-order valence-electron chi connectivity index (χ4n) is 2.39. The summed E-state index contributed by atoms with van der Waals surface area (Å²) in [7, 11) is 6.41. The third-order valence-corrected chi connectivity index (χ3v) is 3.79. The van der Waals surface area contributed by atoms with Crippen LogP contribution in [0.2, 0.25) is 0 Å². The van der Waals surface area contributed by atoms with Crippen molar-refractivity contribution in [1.82, 2.24) is 0 Å². The Balaban J connectivity index is 2.11. The van der Waals surface area contributed by atoms with Gasteiger partial charge in [0.2, 0.25) is 0 Å². The van der Waals surface area contributed by atoms with E-state index in [1.54, 1.807) is 40.6 Å². The maximum absolute atomic E-state index is 5.74. The summed E-state index contributed by atoms with van der Waals surface area (Å²) < 4.78 is 32.6. The maximum atomic E-state index is 5.74. The van der Waals surface area contributed by atoms with E-state index in [-0.39, 0.29) is 7.69 Å². The topological polar surface area (TPSA) is 55.4 Å². The second kappa shape index (κ2) is 8.42. The molecule has 2 aromatic rings. The summed E-state index contributed by atoms with van der Waals surface area (Å²) in [6, 6.07) is 7.27. The number of methoxy groups -OCH3 is 4. The third kappa shape index (κ3) is 4.23. The van der Waals surface area contributed by atoms with E-state index in [0.717, 1.165) is 11.1 Å². The van der Waals surface area contributed by atoms with E-state index in [1.165, 1.54) is 0 Å². The first kappa shape index (κ1) is 18.6. The zero-order valence-corrected chi connectivity index (χ0v) is 15.5. The Bertz CT molecular complexity index is 670. The second-order valence-electron chi connectivity index (χ2n) is 5.35. The Morgan fingerprint density at radius 3 is 1.16 bits per heavy atom. The summed E-state index contributed by atoms with van der Waals surface area (Å²) in [5.74, 6) is 3.84. The van der Waals surface area contributed by atoms with Crippen LogP contribution in [0.4, 0.5) is 0 Å². The first-order valence-corrected chi connectivity index (χ1v) is 7.74. The number of hydrogen-bond acceptors (Lipinski definition) is 6. The molecule has 0 aliphatic rings. The van der Waals surface area contributed by atoms with Gasteiger partial charge in [0.05, 0.1) is 28.4 Å². The lowest BCUT2D eigenvalue weighted by atomic mass is 10.1. The van der Waals surface area contributed by atoms with Crippen molar-refractivity contribution >= 4 is 7.69 Å². The summed E-state index contributed by atoms with van der Waals surface area (Å²) in [5.41, 5.74) is 1.84. The molecule has 0 heterocycles. The Morgan fingerprint density at radius 2 is 0.840 bits per heavy atom. The smallest absolute Gasteiger partial charge is 0.528 e. The van der Waals surface area contributed by atoms with Crippen molar-refractivity contribution in [3.05, 3.63) is 35.4 Å². The maximum Gasteiger partial charge on any atom is 0.576 e. The van der Waals surface area contributed by atoms with Gasteiger partial charge in [-0.15, -0.1) is 0 Å². The van der Waals surface area contributed by atoms with Crippen LogP contribution < -0.4 is 28.3 Å². The number of ether oxygens (including phenoxy) is 4. The van der Waals surface area contributed by atoms with Crippen molar-refractivity contribution in [3.8, 4) is 34.5 Å². The Morgan fingerprint density at radius 1 is 0.520 bits per heavy atom. The Kier molecular flexibility index (Phi) is 6.28. The molecule has 0 bridgehead atoms. The van der Waals surface area contributed by atoms with E-state index in [0.29, 0.717) is 34.5 Å². The van der Waals surface area contributed by atoms with Crippen LogP contribution in [0.15, 0.2) is 24.3 Å². The minimum Gasteiger partial charge on any atom is -0.528 e. The van der Waals surface area contributed by atoms with Gasteiger partial charge in [0, 0.05) is 12.1 Å². The molecular weight excluding hydrogens is 323 g/mol. The van der Waals surface area contributed by atoms with Gasteiger partial charge in [-0.3, -0.25) is 0 Å². The SMILES string of the molecule is COc1cc(C)c(OBOc2cc(OC)c(OC)cc2C)cc1OC. The van der Waals surface area contributed by atoms with E-state index in [9.17, 15) is 0 Å². The molecule has 25 heavy (non-hydrogen) atoms. The third-order valence-electron chi connectivity index (χ3n) is 3.79. The summed E-state index contributed by atoms with van der Waals surface area (Å²) >= 11 is 0. The molecule has 0 aliphatic carbocycles. The van der Waals surface area contributed by atoms with Crippen LogP contribution in [0.25, 0.3) is 0 Å². The minimum atomic E-state index is 0.0483. The molecule has 2 aromatic carbocycles. The van der Waals surface area contributed by atoms with Crippen molar-refractivity contribution in [2.45, 2.75) is 13.8 Å². The molecule has 0 amide bonds. The molecule has 2 rings (SSSR count). The van der Waals surface area contributed by atoms with Crippen LogP contribution in [0.3, 0.4) is 0 Å². The van der Waals surface area contributed by atoms with Crippen LogP contribution >= 0.6 is 0 Å². The van der Waals surface area contributed by atoms with Crippen LogP contribution in [0.1, 0.15) is 11.1 Å². The molecule has 0 radical (unpaired) electrons. The van der Waals surface area contributed by atoms with E-state index in [4.69, 9.17) is 28.3 Å². The van der Waals surface area contributed by atoms with Crippen molar-refractivity contribution < 1.29 is 28.3 Å². The molecule has 0 saturated carbocycles. The molecule has 0 saturated heterocycles. The van der Waals surface area contributed by atoms with E-state index in [2.05, 4.69) is 0 Å². The minimum absolute atomic E-state index is 0.0483. The first-order chi connectivity index (χ1) is 12.0. The average Bonchev–Trinajstić information content (AvgIpc) is 2.63. The molecular formula is C18H23BO6. The summed E-state index contributed by atoms with van der Waals surface area (Å²) in [6.07, 6.45) is 0. The number of aryl methyl sites for hydroxylation is 2. The molecule has 0 atom stereocenters. The molecule has 134 valence electrons. The van der Waals surface area contributed by atoms with Gasteiger partial charge in [-0.25, -0.2) is 0 Å². The molecule has 0 N–H and O–H groups in total. The van der Waals surface area contributed by atoms with Gasteiger partial charge >= 0.3 is 7.69 Å². The van der Waals surface area contributed by atoms with Gasteiger partial charge in [0.25, 0.3) is 0 Å². The highest BCUT2D eigenvalue weighted by atomic mass is 16.6. The number of hydrogen-bond donors (Lipinski definition) is 0. The largest absolute Gasteiger partial charge is 0.576 e. The highest BCUT2D eigenvalue weighted by Crippen LogP contribution is 2.35. The van der Waals surface area contributed by atoms with Gasteiger partial charge in [-0.05, 0) is 37.1 Å². The van der Waals surface area contributed by atoms with Crippen LogP contribution in [-0.4, -0.2) is 36.1 Å². The van der Waals surface area contributed by atoms with E-state index in [1.807, 2.05) is 26.0 Å². The second-order valence-corrected chi connectivity index (χ2v) is 5.35. The van der Waals surface area contributed by atoms with Gasteiger partial charge < -0.3 is 28.3 Å². The summed E-state index contributed by atoms with van der Waals surface area (Å²) in [6.45, 7) is 3.86. The monoisotopic (exact) mass is 346 g/mol. The molecule has 0 spiro atoms. The normalized spacial score (nSPS) is 10.0. The molecule has 7 heteroatoms. The highest BCUT2D eigenvalue weighted by Gasteiger charge is 2.13.